The van der Waals surface area contributed by atoms with E-state index in [2.05, 4.69) is 41.9 Å². The quantitative estimate of drug-likeness (QED) is 0.798. The van der Waals surface area contributed by atoms with E-state index in [1.54, 1.807) is 0 Å². The maximum absolute atomic E-state index is 6.01. The number of hydrogen-bond acceptors (Lipinski definition) is 3. The fourth-order valence-electron chi connectivity index (χ4n) is 3.19. The monoisotopic (exact) mass is 322 g/mol. The number of piperazine rings is 1. The average molecular weight is 322 g/mol. The average Bonchev–Trinajstić information content (AvgIpc) is 2.61. The van der Waals surface area contributed by atoms with Crippen LogP contribution in [0.1, 0.15) is 24.9 Å². The van der Waals surface area contributed by atoms with E-state index in [0.29, 0.717) is 6.04 Å². The summed E-state index contributed by atoms with van der Waals surface area (Å²) < 4.78 is 6.01. The summed E-state index contributed by atoms with van der Waals surface area (Å²) in [6.07, 6.45) is 0.981. The number of ether oxygens (including phenoxy) is 1. The molecule has 0 spiro atoms. The molecule has 2 aromatic carbocycles. The zero-order valence-corrected chi connectivity index (χ0v) is 14.4. The summed E-state index contributed by atoms with van der Waals surface area (Å²) in [5.74, 6) is 1.76. The van der Waals surface area contributed by atoms with E-state index in [4.69, 9.17) is 4.74 Å². The molecule has 0 bridgehead atoms. The lowest BCUT2D eigenvalue weighted by molar-refractivity contribution is 0.172. The van der Waals surface area contributed by atoms with Crippen LogP contribution in [0.3, 0.4) is 0 Å². The first kappa shape index (κ1) is 16.7. The summed E-state index contributed by atoms with van der Waals surface area (Å²) in [5, 5.41) is 3.43. The van der Waals surface area contributed by atoms with Gasteiger partial charge in [-0.05, 0) is 43.2 Å². The van der Waals surface area contributed by atoms with Gasteiger partial charge in [0.1, 0.15) is 11.5 Å². The zero-order chi connectivity index (χ0) is 16.8. The Morgan fingerprint density at radius 2 is 1.79 bits per heavy atom. The lowest BCUT2D eigenvalue weighted by atomic mass is 9.97. The third-order valence-corrected chi connectivity index (χ3v) is 4.36. The molecule has 1 fully saturated rings. The molecule has 0 aliphatic carbocycles. The van der Waals surface area contributed by atoms with Gasteiger partial charge in [-0.3, -0.25) is 4.90 Å². The highest BCUT2D eigenvalue weighted by Gasteiger charge is 2.22. The Hall–Kier alpha value is -2.10. The molecule has 1 atom stereocenters. The fourth-order valence-corrected chi connectivity index (χ4v) is 3.19. The molecule has 3 rings (SSSR count). The number of benzene rings is 2. The second kappa shape index (κ2) is 8.13. The lowest BCUT2D eigenvalue weighted by Gasteiger charge is -2.35. The van der Waals surface area contributed by atoms with E-state index >= 15 is 0 Å². The summed E-state index contributed by atoms with van der Waals surface area (Å²) in [5.41, 5.74) is 2.52. The highest BCUT2D eigenvalue weighted by atomic mass is 16.5. The van der Waals surface area contributed by atoms with E-state index in [-0.39, 0.29) is 0 Å². The molecule has 24 heavy (non-hydrogen) atoms. The van der Waals surface area contributed by atoms with Crippen molar-refractivity contribution >= 4 is 0 Å². The molecule has 1 aliphatic heterocycles. The van der Waals surface area contributed by atoms with Gasteiger partial charge in [0.15, 0.2) is 0 Å². The van der Waals surface area contributed by atoms with E-state index in [1.807, 2.05) is 36.4 Å². The van der Waals surface area contributed by atoms with Gasteiger partial charge in [0, 0.05) is 32.2 Å². The normalized spacial score (nSPS) is 16.5. The Kier molecular flexibility index (Phi) is 5.68. The highest BCUT2D eigenvalue weighted by molar-refractivity contribution is 5.35. The van der Waals surface area contributed by atoms with Crippen molar-refractivity contribution in [3.8, 4) is 11.5 Å². The molecule has 0 aromatic heterocycles. The molecule has 0 amide bonds. The van der Waals surface area contributed by atoms with Gasteiger partial charge in [-0.15, -0.1) is 6.58 Å². The van der Waals surface area contributed by atoms with Crippen molar-refractivity contribution in [1.82, 2.24) is 10.2 Å². The molecular formula is C21H26N2O. The van der Waals surface area contributed by atoms with Crippen LogP contribution in [-0.4, -0.2) is 31.1 Å². The first-order chi connectivity index (χ1) is 11.7. The summed E-state index contributed by atoms with van der Waals surface area (Å²) in [6.45, 7) is 10.5. The van der Waals surface area contributed by atoms with Crippen LogP contribution in [0.15, 0.2) is 66.7 Å². The molecule has 0 saturated carbocycles. The van der Waals surface area contributed by atoms with Crippen LogP contribution < -0.4 is 10.1 Å². The summed E-state index contributed by atoms with van der Waals surface area (Å²) in [7, 11) is 0. The fraction of sp³-hybridized carbons (Fsp3) is 0.333. The molecule has 1 N–H and O–H groups in total. The van der Waals surface area contributed by atoms with Crippen LogP contribution in [0, 0.1) is 0 Å². The molecule has 2 aromatic rings. The smallest absolute Gasteiger partial charge is 0.127 e. The highest BCUT2D eigenvalue weighted by Crippen LogP contribution is 2.31. The predicted octanol–water partition coefficient (Wildman–Crippen LogP) is 4.39. The number of nitrogens with one attached hydrogen (secondary N) is 1. The van der Waals surface area contributed by atoms with Gasteiger partial charge in [0.25, 0.3) is 0 Å². The second-order valence-electron chi connectivity index (χ2n) is 6.45. The Labute approximate surface area is 145 Å². The maximum atomic E-state index is 6.01. The summed E-state index contributed by atoms with van der Waals surface area (Å²) >= 11 is 0. The van der Waals surface area contributed by atoms with Gasteiger partial charge < -0.3 is 10.1 Å². The number of hydrogen-bond donors (Lipinski definition) is 1. The maximum Gasteiger partial charge on any atom is 0.127 e. The molecule has 1 saturated heterocycles. The SMILES string of the molecule is C=C(C)C[C@H](c1cccc(Oc2ccccc2)c1)N1CCNCC1. The molecule has 0 radical (unpaired) electrons. The van der Waals surface area contributed by atoms with Crippen molar-refractivity contribution < 1.29 is 4.74 Å². The third kappa shape index (κ3) is 4.47. The van der Waals surface area contributed by atoms with Gasteiger partial charge in [-0.2, -0.15) is 0 Å². The van der Waals surface area contributed by atoms with Gasteiger partial charge in [0.2, 0.25) is 0 Å². The summed E-state index contributed by atoms with van der Waals surface area (Å²) in [4.78, 5) is 2.55. The largest absolute Gasteiger partial charge is 0.457 e. The van der Waals surface area contributed by atoms with Crippen LogP contribution in [0.25, 0.3) is 0 Å². The van der Waals surface area contributed by atoms with Gasteiger partial charge >= 0.3 is 0 Å². The Morgan fingerprint density at radius 3 is 2.50 bits per heavy atom. The first-order valence-corrected chi connectivity index (χ1v) is 8.64. The number of nitrogens with zero attached hydrogens (tertiary/aromatic N) is 1. The van der Waals surface area contributed by atoms with Crippen LogP contribution in [-0.2, 0) is 0 Å². The summed E-state index contributed by atoms with van der Waals surface area (Å²) in [6, 6.07) is 18.8. The molecule has 1 heterocycles. The lowest BCUT2D eigenvalue weighted by Crippen LogP contribution is -2.45. The van der Waals surface area contributed by atoms with Crippen molar-refractivity contribution in [2.75, 3.05) is 26.2 Å². The van der Waals surface area contributed by atoms with Crippen LogP contribution in [0.4, 0.5) is 0 Å². The minimum absolute atomic E-state index is 0.365. The molecule has 3 nitrogen and oxygen atoms in total. The van der Waals surface area contributed by atoms with Crippen molar-refractivity contribution in [2.24, 2.45) is 0 Å². The van der Waals surface area contributed by atoms with Crippen molar-refractivity contribution in [2.45, 2.75) is 19.4 Å². The van der Waals surface area contributed by atoms with Gasteiger partial charge in [-0.25, -0.2) is 0 Å². The molecular weight excluding hydrogens is 296 g/mol. The minimum Gasteiger partial charge on any atom is -0.457 e. The Balaban J connectivity index is 1.81. The third-order valence-electron chi connectivity index (χ3n) is 4.36. The number of rotatable bonds is 6. The minimum atomic E-state index is 0.365. The van der Waals surface area contributed by atoms with E-state index in [0.717, 1.165) is 44.1 Å². The van der Waals surface area contributed by atoms with E-state index in [9.17, 15) is 0 Å². The van der Waals surface area contributed by atoms with Crippen LogP contribution in [0.5, 0.6) is 11.5 Å². The van der Waals surface area contributed by atoms with Crippen LogP contribution in [0.2, 0.25) is 0 Å². The van der Waals surface area contributed by atoms with Crippen LogP contribution >= 0.6 is 0 Å². The zero-order valence-electron chi connectivity index (χ0n) is 14.4. The van der Waals surface area contributed by atoms with E-state index in [1.165, 1.54) is 11.1 Å². The molecule has 3 heteroatoms. The molecule has 1 aliphatic rings. The van der Waals surface area contributed by atoms with Crippen molar-refractivity contribution in [3.05, 3.63) is 72.3 Å². The predicted molar refractivity (Wildman–Crippen MR) is 99.6 cm³/mol. The Morgan fingerprint density at radius 1 is 1.08 bits per heavy atom. The standard InChI is InChI=1S/C21H26N2O/c1-17(2)15-21(23-13-11-22-12-14-23)18-7-6-10-20(16-18)24-19-8-4-3-5-9-19/h3-10,16,21-22H,1,11-15H2,2H3/t21-/m1/s1. The van der Waals surface area contributed by atoms with Gasteiger partial charge in [0.05, 0.1) is 0 Å². The van der Waals surface area contributed by atoms with Gasteiger partial charge in [-0.1, -0.05) is 35.9 Å². The first-order valence-electron chi connectivity index (χ1n) is 8.64. The van der Waals surface area contributed by atoms with E-state index < -0.39 is 0 Å². The number of para-hydroxylation sites is 1. The van der Waals surface area contributed by atoms with Crippen molar-refractivity contribution in [3.63, 3.8) is 0 Å². The Bertz CT molecular complexity index is 663. The molecule has 0 unspecified atom stereocenters. The molecule has 126 valence electrons. The second-order valence-corrected chi connectivity index (χ2v) is 6.45. The topological polar surface area (TPSA) is 24.5 Å². The van der Waals surface area contributed by atoms with Crippen molar-refractivity contribution in [1.29, 1.82) is 0 Å².